The second kappa shape index (κ2) is 9.58. The van der Waals surface area contributed by atoms with Gasteiger partial charge in [0.15, 0.2) is 11.0 Å². The summed E-state index contributed by atoms with van der Waals surface area (Å²) < 4.78 is 2.01. The van der Waals surface area contributed by atoms with E-state index in [1.165, 1.54) is 22.9 Å². The van der Waals surface area contributed by atoms with Crippen molar-refractivity contribution in [3.8, 4) is 17.1 Å². The molecular formula is C26H25N5OS. The van der Waals surface area contributed by atoms with Crippen LogP contribution in [0.2, 0.25) is 0 Å². The second-order valence-electron chi connectivity index (χ2n) is 8.17. The molecule has 2 heterocycles. The quantitative estimate of drug-likeness (QED) is 0.418. The molecular weight excluding hydrogens is 430 g/mol. The van der Waals surface area contributed by atoms with Gasteiger partial charge in [-0.3, -0.25) is 14.3 Å². The number of hydrogen-bond donors (Lipinski definition) is 1. The lowest BCUT2D eigenvalue weighted by atomic mass is 9.88. The molecule has 0 saturated heterocycles. The number of rotatable bonds is 6. The van der Waals surface area contributed by atoms with E-state index < -0.39 is 0 Å². The van der Waals surface area contributed by atoms with Gasteiger partial charge in [0.25, 0.3) is 0 Å². The zero-order chi connectivity index (χ0) is 22.6. The van der Waals surface area contributed by atoms with Gasteiger partial charge in [0.1, 0.15) is 0 Å². The fourth-order valence-corrected chi connectivity index (χ4v) is 5.10. The lowest BCUT2D eigenvalue weighted by Crippen LogP contribution is -2.32. The third-order valence-electron chi connectivity index (χ3n) is 5.95. The van der Waals surface area contributed by atoms with Gasteiger partial charge < -0.3 is 5.32 Å². The molecule has 1 aliphatic rings. The van der Waals surface area contributed by atoms with Crippen molar-refractivity contribution in [1.29, 1.82) is 0 Å². The van der Waals surface area contributed by atoms with E-state index in [2.05, 4.69) is 51.7 Å². The van der Waals surface area contributed by atoms with Gasteiger partial charge >= 0.3 is 0 Å². The highest BCUT2D eigenvalue weighted by Crippen LogP contribution is 2.31. The molecule has 0 fully saturated rings. The van der Waals surface area contributed by atoms with Crippen LogP contribution in [0, 0.1) is 6.92 Å². The molecule has 4 aromatic rings. The van der Waals surface area contributed by atoms with Crippen LogP contribution in [0.4, 0.5) is 0 Å². The second-order valence-corrected chi connectivity index (χ2v) is 9.11. The van der Waals surface area contributed by atoms with Crippen LogP contribution < -0.4 is 5.32 Å². The zero-order valence-electron chi connectivity index (χ0n) is 18.4. The van der Waals surface area contributed by atoms with E-state index in [0.29, 0.717) is 11.0 Å². The summed E-state index contributed by atoms with van der Waals surface area (Å²) in [5.41, 5.74) is 5.55. The molecule has 7 heteroatoms. The van der Waals surface area contributed by atoms with E-state index in [1.807, 2.05) is 41.0 Å². The predicted molar refractivity (Wildman–Crippen MR) is 130 cm³/mol. The minimum atomic E-state index is 0.00367. The number of nitrogens with zero attached hydrogens (tertiary/aromatic N) is 4. The van der Waals surface area contributed by atoms with Gasteiger partial charge in [-0.05, 0) is 61.1 Å². The highest BCUT2D eigenvalue weighted by atomic mass is 32.2. The molecule has 2 aromatic carbocycles. The Hall–Kier alpha value is -3.45. The van der Waals surface area contributed by atoms with Crippen molar-refractivity contribution in [2.45, 2.75) is 37.4 Å². The van der Waals surface area contributed by atoms with E-state index in [9.17, 15) is 4.79 Å². The minimum Gasteiger partial charge on any atom is -0.349 e. The number of benzene rings is 2. The van der Waals surface area contributed by atoms with Gasteiger partial charge in [-0.1, -0.05) is 54.2 Å². The Morgan fingerprint density at radius 3 is 2.79 bits per heavy atom. The van der Waals surface area contributed by atoms with Crippen LogP contribution in [0.5, 0.6) is 0 Å². The van der Waals surface area contributed by atoms with Crippen molar-refractivity contribution in [2.24, 2.45) is 0 Å². The maximum atomic E-state index is 12.9. The summed E-state index contributed by atoms with van der Waals surface area (Å²) in [5, 5.41) is 12.8. The van der Waals surface area contributed by atoms with Crippen LogP contribution in [-0.4, -0.2) is 31.4 Å². The predicted octanol–water partition coefficient (Wildman–Crippen LogP) is 4.92. The number of hydrogen-bond acceptors (Lipinski definition) is 5. The number of aryl methyl sites for hydroxylation is 2. The largest absolute Gasteiger partial charge is 0.349 e. The molecule has 0 spiro atoms. The molecule has 0 radical (unpaired) electrons. The van der Waals surface area contributed by atoms with E-state index in [1.54, 1.807) is 12.4 Å². The Kier molecular flexibility index (Phi) is 6.21. The summed E-state index contributed by atoms with van der Waals surface area (Å²) in [6.07, 6.45) is 6.65. The number of thioether (sulfide) groups is 1. The Balaban J connectivity index is 1.38. The number of aromatic nitrogens is 4. The molecule has 0 saturated carbocycles. The molecule has 1 N–H and O–H groups in total. The lowest BCUT2D eigenvalue weighted by Gasteiger charge is -2.26. The molecule has 6 nitrogen and oxygen atoms in total. The molecule has 5 rings (SSSR count). The molecule has 0 bridgehead atoms. The number of carbonyl (C=O) groups excluding carboxylic acids is 1. The molecule has 2 aromatic heterocycles. The van der Waals surface area contributed by atoms with Crippen LogP contribution in [0.1, 0.15) is 35.6 Å². The Bertz CT molecular complexity index is 1270. The number of amides is 1. The molecule has 1 aliphatic carbocycles. The smallest absolute Gasteiger partial charge is 0.230 e. The Morgan fingerprint density at radius 2 is 1.94 bits per heavy atom. The van der Waals surface area contributed by atoms with E-state index in [-0.39, 0.29) is 17.7 Å². The number of carbonyl (C=O) groups is 1. The molecule has 166 valence electrons. The maximum absolute atomic E-state index is 12.9. The van der Waals surface area contributed by atoms with Gasteiger partial charge in [0.2, 0.25) is 5.91 Å². The SMILES string of the molecule is Cc1ccccc1-n1c(SCC(=O)NC2CCCc3ccccc32)nnc1-c1cccnc1. The molecule has 1 amide bonds. The lowest BCUT2D eigenvalue weighted by molar-refractivity contribution is -0.119. The summed E-state index contributed by atoms with van der Waals surface area (Å²) in [4.78, 5) is 17.1. The number of nitrogens with one attached hydrogen (secondary N) is 1. The maximum Gasteiger partial charge on any atom is 0.230 e. The van der Waals surface area contributed by atoms with Crippen molar-refractivity contribution in [1.82, 2.24) is 25.1 Å². The molecule has 0 aliphatic heterocycles. The van der Waals surface area contributed by atoms with Gasteiger partial charge in [0, 0.05) is 18.0 Å². The number of para-hydroxylation sites is 1. The van der Waals surface area contributed by atoms with Crippen LogP contribution in [-0.2, 0) is 11.2 Å². The van der Waals surface area contributed by atoms with Gasteiger partial charge in [0.05, 0.1) is 17.5 Å². The first-order valence-electron chi connectivity index (χ1n) is 11.1. The zero-order valence-corrected chi connectivity index (χ0v) is 19.3. The summed E-state index contributed by atoms with van der Waals surface area (Å²) >= 11 is 1.40. The first-order valence-corrected chi connectivity index (χ1v) is 12.1. The van der Waals surface area contributed by atoms with Crippen LogP contribution in [0.3, 0.4) is 0 Å². The van der Waals surface area contributed by atoms with Crippen molar-refractivity contribution in [3.63, 3.8) is 0 Å². The standard InChI is InChI=1S/C26H25N5OS/c1-18-8-2-5-14-23(18)31-25(20-11-7-15-27-16-20)29-30-26(31)33-17-24(32)28-22-13-6-10-19-9-3-4-12-21(19)22/h2-5,7-9,11-12,14-16,22H,6,10,13,17H2,1H3,(H,28,32). The summed E-state index contributed by atoms with van der Waals surface area (Å²) in [5.74, 6) is 0.987. The summed E-state index contributed by atoms with van der Waals surface area (Å²) in [7, 11) is 0. The number of fused-ring (bicyclic) bond motifs is 1. The van der Waals surface area contributed by atoms with Crippen molar-refractivity contribution >= 4 is 17.7 Å². The normalized spacial score (nSPS) is 15.1. The van der Waals surface area contributed by atoms with E-state index in [0.717, 1.165) is 36.1 Å². The van der Waals surface area contributed by atoms with E-state index >= 15 is 0 Å². The average molecular weight is 456 g/mol. The molecule has 33 heavy (non-hydrogen) atoms. The Morgan fingerprint density at radius 1 is 1.09 bits per heavy atom. The first kappa shape index (κ1) is 21.4. The van der Waals surface area contributed by atoms with Crippen LogP contribution >= 0.6 is 11.8 Å². The summed E-state index contributed by atoms with van der Waals surface area (Å²) in [6, 6.07) is 20.4. The highest BCUT2D eigenvalue weighted by molar-refractivity contribution is 7.99. The average Bonchev–Trinajstić information content (AvgIpc) is 3.27. The monoisotopic (exact) mass is 455 g/mol. The molecule has 1 unspecified atom stereocenters. The fraction of sp³-hybridized carbons (Fsp3) is 0.231. The van der Waals surface area contributed by atoms with Crippen LogP contribution in [0.15, 0.2) is 78.2 Å². The third-order valence-corrected chi connectivity index (χ3v) is 6.88. The first-order chi connectivity index (χ1) is 16.2. The topological polar surface area (TPSA) is 72.7 Å². The van der Waals surface area contributed by atoms with Crippen LogP contribution in [0.25, 0.3) is 17.1 Å². The van der Waals surface area contributed by atoms with Gasteiger partial charge in [-0.2, -0.15) is 0 Å². The van der Waals surface area contributed by atoms with Gasteiger partial charge in [-0.25, -0.2) is 0 Å². The molecule has 1 atom stereocenters. The third kappa shape index (κ3) is 4.54. The van der Waals surface area contributed by atoms with Crippen molar-refractivity contribution in [3.05, 3.63) is 89.7 Å². The highest BCUT2D eigenvalue weighted by Gasteiger charge is 2.23. The fourth-order valence-electron chi connectivity index (χ4n) is 4.35. The Labute approximate surface area is 197 Å². The summed E-state index contributed by atoms with van der Waals surface area (Å²) in [6.45, 7) is 2.06. The van der Waals surface area contributed by atoms with Gasteiger partial charge in [-0.15, -0.1) is 10.2 Å². The minimum absolute atomic E-state index is 0.00367. The number of pyridine rings is 1. The van der Waals surface area contributed by atoms with Crippen molar-refractivity contribution in [2.75, 3.05) is 5.75 Å². The van der Waals surface area contributed by atoms with E-state index in [4.69, 9.17) is 0 Å². The van der Waals surface area contributed by atoms with Crippen molar-refractivity contribution < 1.29 is 4.79 Å².